The van der Waals surface area contributed by atoms with Gasteiger partial charge in [0.05, 0.1) is 0 Å². The molecular weight excluding hydrogens is 437 g/mol. The fraction of sp³-hybridized carbons (Fsp3) is 0.650. The van der Waals surface area contributed by atoms with Crippen LogP contribution in [-0.4, -0.2) is 74.7 Å². The average Bonchev–Trinajstić information content (AvgIpc) is 3.20. The molecule has 0 aliphatic carbocycles. The summed E-state index contributed by atoms with van der Waals surface area (Å²) in [6.45, 7) is 12.1. The molecule has 3 rings (SSSR count). The first-order valence-electron chi connectivity index (χ1n) is 9.92. The first kappa shape index (κ1) is 21.3. The maximum absolute atomic E-state index is 4.84. The van der Waals surface area contributed by atoms with Crippen molar-refractivity contribution in [2.24, 2.45) is 4.99 Å². The monoisotopic (exact) mass is 471 g/mol. The Kier molecular flexibility index (Phi) is 9.53. The predicted octanol–water partition coefficient (Wildman–Crippen LogP) is 2.88. The second-order valence-corrected chi connectivity index (χ2v) is 6.95. The Labute approximate surface area is 175 Å². The highest BCUT2D eigenvalue weighted by molar-refractivity contribution is 14.0. The van der Waals surface area contributed by atoms with Gasteiger partial charge in [-0.1, -0.05) is 18.2 Å². The van der Waals surface area contributed by atoms with E-state index in [1.807, 2.05) is 0 Å². The van der Waals surface area contributed by atoms with Crippen molar-refractivity contribution in [2.75, 3.05) is 63.8 Å². The van der Waals surface area contributed by atoms with E-state index in [1.165, 1.54) is 18.5 Å². The van der Waals surface area contributed by atoms with Crippen molar-refractivity contribution >= 4 is 35.6 Å². The Balaban J connectivity index is 0.00000243. The first-order chi connectivity index (χ1) is 12.4. The lowest BCUT2D eigenvalue weighted by molar-refractivity contribution is 0.256. The van der Waals surface area contributed by atoms with Crippen molar-refractivity contribution in [1.82, 2.24) is 15.1 Å². The zero-order valence-corrected chi connectivity index (χ0v) is 18.4. The van der Waals surface area contributed by atoms with Crippen LogP contribution >= 0.6 is 24.0 Å². The molecule has 6 heteroatoms. The molecule has 0 saturated carbocycles. The minimum absolute atomic E-state index is 0. The number of piperazine rings is 1. The first-order valence-corrected chi connectivity index (χ1v) is 9.92. The van der Waals surface area contributed by atoms with Crippen LogP contribution in [0.5, 0.6) is 0 Å². The molecule has 2 aliphatic rings. The lowest BCUT2D eigenvalue weighted by Crippen LogP contribution is -2.46. The molecule has 0 aromatic heterocycles. The van der Waals surface area contributed by atoms with E-state index in [2.05, 4.69) is 57.3 Å². The molecule has 1 aromatic rings. The standard InChI is InChI=1S/C20H33N5.HI/c1-2-21-20(25-13-6-7-14-25)22-11-8-12-23-15-17-24(18-16-23)19-9-4-3-5-10-19;/h3-5,9-10H,2,6-8,11-18H2,1H3,(H,21,22);1H. The second kappa shape index (κ2) is 11.6. The van der Waals surface area contributed by atoms with Gasteiger partial charge in [0.2, 0.25) is 0 Å². The van der Waals surface area contributed by atoms with E-state index in [0.29, 0.717) is 0 Å². The van der Waals surface area contributed by atoms with E-state index in [0.717, 1.165) is 71.3 Å². The molecule has 146 valence electrons. The van der Waals surface area contributed by atoms with E-state index >= 15 is 0 Å². The van der Waals surface area contributed by atoms with E-state index in [4.69, 9.17) is 4.99 Å². The van der Waals surface area contributed by atoms with Crippen LogP contribution in [0.3, 0.4) is 0 Å². The summed E-state index contributed by atoms with van der Waals surface area (Å²) >= 11 is 0. The fourth-order valence-corrected chi connectivity index (χ4v) is 3.70. The van der Waals surface area contributed by atoms with E-state index in [9.17, 15) is 0 Å². The van der Waals surface area contributed by atoms with Crippen LogP contribution in [0, 0.1) is 0 Å². The van der Waals surface area contributed by atoms with Gasteiger partial charge in [0.15, 0.2) is 5.96 Å². The summed E-state index contributed by atoms with van der Waals surface area (Å²) in [5, 5.41) is 3.44. The van der Waals surface area contributed by atoms with E-state index in [-0.39, 0.29) is 24.0 Å². The third-order valence-electron chi connectivity index (χ3n) is 5.13. The average molecular weight is 471 g/mol. The molecule has 0 amide bonds. The normalized spacial score (nSPS) is 18.7. The maximum Gasteiger partial charge on any atom is 0.193 e. The summed E-state index contributed by atoms with van der Waals surface area (Å²) in [4.78, 5) is 12.3. The number of likely N-dealkylation sites (tertiary alicyclic amines) is 1. The molecule has 0 unspecified atom stereocenters. The molecule has 2 saturated heterocycles. The van der Waals surface area contributed by atoms with Gasteiger partial charge in [-0.25, -0.2) is 0 Å². The molecule has 2 aliphatic heterocycles. The van der Waals surface area contributed by atoms with Crippen LogP contribution in [-0.2, 0) is 0 Å². The molecule has 1 aromatic carbocycles. The summed E-state index contributed by atoms with van der Waals surface area (Å²) in [7, 11) is 0. The van der Waals surface area contributed by atoms with Crippen LogP contribution in [0.1, 0.15) is 26.2 Å². The Morgan fingerprint density at radius 2 is 1.69 bits per heavy atom. The molecule has 26 heavy (non-hydrogen) atoms. The number of benzene rings is 1. The molecular formula is C20H34IN5. The van der Waals surface area contributed by atoms with Crippen molar-refractivity contribution < 1.29 is 0 Å². The van der Waals surface area contributed by atoms with Crippen LogP contribution in [0.15, 0.2) is 35.3 Å². The quantitative estimate of drug-likeness (QED) is 0.300. The van der Waals surface area contributed by atoms with Gasteiger partial charge >= 0.3 is 0 Å². The molecule has 0 bridgehead atoms. The van der Waals surface area contributed by atoms with Crippen molar-refractivity contribution in [3.05, 3.63) is 30.3 Å². The number of nitrogens with one attached hydrogen (secondary N) is 1. The zero-order valence-electron chi connectivity index (χ0n) is 16.1. The fourth-order valence-electron chi connectivity index (χ4n) is 3.70. The van der Waals surface area contributed by atoms with Crippen molar-refractivity contribution in [3.8, 4) is 0 Å². The smallest absolute Gasteiger partial charge is 0.193 e. The van der Waals surface area contributed by atoms with Gasteiger partial charge in [0.25, 0.3) is 0 Å². The molecule has 0 spiro atoms. The van der Waals surface area contributed by atoms with Crippen molar-refractivity contribution in [2.45, 2.75) is 26.2 Å². The number of guanidine groups is 1. The minimum atomic E-state index is 0. The maximum atomic E-state index is 4.84. The second-order valence-electron chi connectivity index (χ2n) is 6.95. The zero-order chi connectivity index (χ0) is 17.3. The molecule has 1 N–H and O–H groups in total. The summed E-state index contributed by atoms with van der Waals surface area (Å²) < 4.78 is 0. The summed E-state index contributed by atoms with van der Waals surface area (Å²) in [5.41, 5.74) is 1.35. The number of halogens is 1. The van der Waals surface area contributed by atoms with Gasteiger partial charge < -0.3 is 15.1 Å². The van der Waals surface area contributed by atoms with Crippen LogP contribution in [0.25, 0.3) is 0 Å². The van der Waals surface area contributed by atoms with Gasteiger partial charge in [0.1, 0.15) is 0 Å². The molecule has 2 heterocycles. The number of hydrogen-bond acceptors (Lipinski definition) is 3. The van der Waals surface area contributed by atoms with Gasteiger partial charge in [-0.05, 0) is 38.3 Å². The predicted molar refractivity (Wildman–Crippen MR) is 122 cm³/mol. The summed E-state index contributed by atoms with van der Waals surface area (Å²) in [6.07, 6.45) is 3.75. The van der Waals surface area contributed by atoms with Gasteiger partial charge in [-0.3, -0.25) is 9.89 Å². The van der Waals surface area contributed by atoms with Crippen molar-refractivity contribution in [3.63, 3.8) is 0 Å². The Morgan fingerprint density at radius 3 is 2.35 bits per heavy atom. The summed E-state index contributed by atoms with van der Waals surface area (Å²) in [5.74, 6) is 1.12. The van der Waals surface area contributed by atoms with E-state index in [1.54, 1.807) is 0 Å². The highest BCUT2D eigenvalue weighted by Crippen LogP contribution is 2.15. The molecule has 0 radical (unpaired) electrons. The Morgan fingerprint density at radius 1 is 1.00 bits per heavy atom. The van der Waals surface area contributed by atoms with Crippen molar-refractivity contribution in [1.29, 1.82) is 0 Å². The van der Waals surface area contributed by atoms with Gasteiger partial charge in [0, 0.05) is 64.6 Å². The lowest BCUT2D eigenvalue weighted by Gasteiger charge is -2.36. The highest BCUT2D eigenvalue weighted by atomic mass is 127. The number of rotatable bonds is 6. The molecule has 0 atom stereocenters. The van der Waals surface area contributed by atoms with E-state index < -0.39 is 0 Å². The van der Waals surface area contributed by atoms with Crippen LogP contribution in [0.4, 0.5) is 5.69 Å². The van der Waals surface area contributed by atoms with Crippen LogP contribution < -0.4 is 10.2 Å². The Bertz CT molecular complexity index is 522. The van der Waals surface area contributed by atoms with Gasteiger partial charge in [-0.15, -0.1) is 24.0 Å². The van der Waals surface area contributed by atoms with Crippen LogP contribution in [0.2, 0.25) is 0 Å². The number of hydrogen-bond donors (Lipinski definition) is 1. The number of nitrogens with zero attached hydrogens (tertiary/aromatic N) is 4. The third kappa shape index (κ3) is 6.30. The minimum Gasteiger partial charge on any atom is -0.369 e. The lowest BCUT2D eigenvalue weighted by atomic mass is 10.2. The third-order valence-corrected chi connectivity index (χ3v) is 5.13. The molecule has 5 nitrogen and oxygen atoms in total. The number of para-hydroxylation sites is 1. The molecule has 2 fully saturated rings. The number of anilines is 1. The SMILES string of the molecule is CCNC(=NCCCN1CCN(c2ccccc2)CC1)N1CCCC1.I. The highest BCUT2D eigenvalue weighted by Gasteiger charge is 2.17. The topological polar surface area (TPSA) is 34.1 Å². The van der Waals surface area contributed by atoms with Gasteiger partial charge in [-0.2, -0.15) is 0 Å². The Hall–Kier alpha value is -1.02. The summed E-state index contributed by atoms with van der Waals surface area (Å²) in [6, 6.07) is 10.8. The largest absolute Gasteiger partial charge is 0.369 e. The number of aliphatic imine (C=N–C) groups is 1.